The number of anilines is 2. The maximum atomic E-state index is 12.3. The van der Waals surface area contributed by atoms with Crippen LogP contribution in [0, 0.1) is 11.3 Å². The number of carbonyl (C=O) groups is 1. The fourth-order valence-corrected chi connectivity index (χ4v) is 2.67. The number of hydrogen-bond acceptors (Lipinski definition) is 7. The van der Waals surface area contributed by atoms with Crippen molar-refractivity contribution in [2.45, 2.75) is 11.3 Å². The Hall–Kier alpha value is -3.19. The molecule has 2 rings (SSSR count). The van der Waals surface area contributed by atoms with Crippen molar-refractivity contribution in [3.8, 4) is 11.9 Å². The van der Waals surface area contributed by atoms with E-state index in [-0.39, 0.29) is 23.0 Å². The highest BCUT2D eigenvalue weighted by Crippen LogP contribution is 2.17. The molecule has 124 valence electrons. The Labute approximate surface area is 138 Å². The Morgan fingerprint density at radius 1 is 1.21 bits per heavy atom. The van der Waals surface area contributed by atoms with Crippen molar-refractivity contribution in [2.75, 3.05) is 17.1 Å². The number of carbonyl (C=O) groups excluding carboxylic acids is 1. The minimum absolute atomic E-state index is 0.0154. The summed E-state index contributed by atoms with van der Waals surface area (Å²) < 4.78 is 31.6. The summed E-state index contributed by atoms with van der Waals surface area (Å²) in [5.74, 6) is -0.169. The lowest BCUT2D eigenvalue weighted by Gasteiger charge is -2.08. The van der Waals surface area contributed by atoms with Gasteiger partial charge in [0, 0.05) is 11.8 Å². The predicted octanol–water partition coefficient (Wildman–Crippen LogP) is 1.14. The van der Waals surface area contributed by atoms with E-state index in [0.717, 1.165) is 0 Å². The lowest BCUT2D eigenvalue weighted by atomic mass is 10.3. The normalized spacial score (nSPS) is 10.5. The molecular formula is C14H13N5O4S. The van der Waals surface area contributed by atoms with Gasteiger partial charge < -0.3 is 10.1 Å². The summed E-state index contributed by atoms with van der Waals surface area (Å²) in [6.07, 6.45) is -0.280. The average Bonchev–Trinajstić information content (AvgIpc) is 2.56. The smallest absolute Gasteiger partial charge is 0.263 e. The molecular weight excluding hydrogens is 334 g/mol. The van der Waals surface area contributed by atoms with Crippen molar-refractivity contribution < 1.29 is 17.9 Å². The van der Waals surface area contributed by atoms with E-state index in [2.05, 4.69) is 20.2 Å². The van der Waals surface area contributed by atoms with E-state index < -0.39 is 15.9 Å². The molecule has 0 aliphatic carbocycles. The molecule has 1 amide bonds. The van der Waals surface area contributed by atoms with E-state index in [1.54, 1.807) is 6.07 Å². The van der Waals surface area contributed by atoms with Crippen molar-refractivity contribution in [2.24, 2.45) is 0 Å². The van der Waals surface area contributed by atoms with E-state index >= 15 is 0 Å². The van der Waals surface area contributed by atoms with Crippen LogP contribution in [0.25, 0.3) is 0 Å². The van der Waals surface area contributed by atoms with E-state index in [9.17, 15) is 13.2 Å². The molecule has 2 aromatic rings. The van der Waals surface area contributed by atoms with E-state index in [1.165, 1.54) is 43.5 Å². The maximum Gasteiger partial charge on any atom is 0.263 e. The average molecular weight is 347 g/mol. The number of aromatic nitrogens is 2. The Bertz CT molecular complexity index is 858. The molecule has 1 aromatic carbocycles. The Balaban J connectivity index is 2.11. The maximum absolute atomic E-state index is 12.3. The van der Waals surface area contributed by atoms with Gasteiger partial charge in [0.1, 0.15) is 6.42 Å². The fraction of sp³-hybridized carbons (Fsp3) is 0.143. The SMILES string of the molecule is COc1ccc(NS(=O)(=O)c2ccc(NC(=O)CC#N)cc2)nn1. The minimum Gasteiger partial charge on any atom is -0.480 e. The molecule has 24 heavy (non-hydrogen) atoms. The summed E-state index contributed by atoms with van der Waals surface area (Å²) in [7, 11) is -2.43. The van der Waals surface area contributed by atoms with Gasteiger partial charge in [-0.05, 0) is 30.3 Å². The number of hydrogen-bond donors (Lipinski definition) is 2. The van der Waals surface area contributed by atoms with Crippen molar-refractivity contribution in [3.05, 3.63) is 36.4 Å². The molecule has 0 spiro atoms. The molecule has 0 aliphatic heterocycles. The second-order valence-corrected chi connectivity index (χ2v) is 6.16. The first-order chi connectivity index (χ1) is 11.4. The number of amides is 1. The van der Waals surface area contributed by atoms with Crippen LogP contribution in [0.4, 0.5) is 11.5 Å². The highest BCUT2D eigenvalue weighted by molar-refractivity contribution is 7.92. The second-order valence-electron chi connectivity index (χ2n) is 4.47. The van der Waals surface area contributed by atoms with Crippen LogP contribution in [0.1, 0.15) is 6.42 Å². The zero-order chi connectivity index (χ0) is 17.6. The van der Waals surface area contributed by atoms with Gasteiger partial charge in [0.25, 0.3) is 10.0 Å². The van der Waals surface area contributed by atoms with E-state index in [4.69, 9.17) is 10.00 Å². The van der Waals surface area contributed by atoms with Crippen molar-refractivity contribution >= 4 is 27.4 Å². The highest BCUT2D eigenvalue weighted by atomic mass is 32.2. The first-order valence-corrected chi connectivity index (χ1v) is 8.10. The summed E-state index contributed by atoms with van der Waals surface area (Å²) >= 11 is 0. The quantitative estimate of drug-likeness (QED) is 0.800. The van der Waals surface area contributed by atoms with Crippen molar-refractivity contribution in [3.63, 3.8) is 0 Å². The number of rotatable bonds is 6. The van der Waals surface area contributed by atoms with Crippen LogP contribution in [-0.2, 0) is 14.8 Å². The molecule has 0 unspecified atom stereocenters. The zero-order valence-corrected chi connectivity index (χ0v) is 13.4. The first kappa shape index (κ1) is 17.2. The molecule has 0 saturated carbocycles. The zero-order valence-electron chi connectivity index (χ0n) is 12.6. The molecule has 1 heterocycles. The molecule has 9 nitrogen and oxygen atoms in total. The molecule has 2 N–H and O–H groups in total. The molecule has 0 saturated heterocycles. The third-order valence-electron chi connectivity index (χ3n) is 2.78. The van der Waals surface area contributed by atoms with Crippen LogP contribution in [0.5, 0.6) is 5.88 Å². The van der Waals surface area contributed by atoms with Crippen LogP contribution in [-0.4, -0.2) is 31.6 Å². The highest BCUT2D eigenvalue weighted by Gasteiger charge is 2.15. The Kier molecular flexibility index (Phi) is 5.28. The summed E-state index contributed by atoms with van der Waals surface area (Å²) in [6.45, 7) is 0. The predicted molar refractivity (Wildman–Crippen MR) is 84.7 cm³/mol. The van der Waals surface area contributed by atoms with Gasteiger partial charge >= 0.3 is 0 Å². The minimum atomic E-state index is -3.85. The van der Waals surface area contributed by atoms with Crippen LogP contribution in [0.3, 0.4) is 0 Å². The van der Waals surface area contributed by atoms with Gasteiger partial charge in [0.2, 0.25) is 11.8 Å². The molecule has 0 atom stereocenters. The van der Waals surface area contributed by atoms with Crippen LogP contribution in [0.2, 0.25) is 0 Å². The van der Waals surface area contributed by atoms with Gasteiger partial charge in [-0.1, -0.05) is 0 Å². The third-order valence-corrected chi connectivity index (χ3v) is 4.15. The van der Waals surface area contributed by atoms with Gasteiger partial charge in [-0.15, -0.1) is 10.2 Å². The summed E-state index contributed by atoms with van der Waals surface area (Å²) in [5.41, 5.74) is 0.387. The number of nitrogens with one attached hydrogen (secondary N) is 2. The summed E-state index contributed by atoms with van der Waals surface area (Å²) in [6, 6.07) is 10.1. The van der Waals surface area contributed by atoms with E-state index in [0.29, 0.717) is 5.69 Å². The lowest BCUT2D eigenvalue weighted by Crippen LogP contribution is -2.15. The Morgan fingerprint density at radius 3 is 2.46 bits per heavy atom. The van der Waals surface area contributed by atoms with Gasteiger partial charge in [0.15, 0.2) is 5.82 Å². The van der Waals surface area contributed by atoms with E-state index in [1.807, 2.05) is 0 Å². The standard InChI is InChI=1S/C14H13N5O4S/c1-23-14-7-6-12(17-18-14)19-24(21,22)11-4-2-10(3-5-11)16-13(20)8-9-15/h2-7H,8H2,1H3,(H,16,20)(H,17,19). The van der Waals surface area contributed by atoms with Gasteiger partial charge in [-0.2, -0.15) is 5.26 Å². The van der Waals surface area contributed by atoms with Crippen molar-refractivity contribution in [1.29, 1.82) is 5.26 Å². The molecule has 1 aromatic heterocycles. The molecule has 0 bridgehead atoms. The number of nitriles is 1. The van der Waals surface area contributed by atoms with Crippen LogP contribution < -0.4 is 14.8 Å². The fourth-order valence-electron chi connectivity index (χ4n) is 1.67. The van der Waals surface area contributed by atoms with Crippen molar-refractivity contribution in [1.82, 2.24) is 10.2 Å². The molecule has 10 heteroatoms. The number of ether oxygens (including phenoxy) is 1. The summed E-state index contributed by atoms with van der Waals surface area (Å²) in [4.78, 5) is 11.3. The second kappa shape index (κ2) is 7.38. The number of methoxy groups -OCH3 is 1. The summed E-state index contributed by atoms with van der Waals surface area (Å²) in [5, 5.41) is 18.2. The number of nitrogens with zero attached hydrogens (tertiary/aromatic N) is 3. The number of sulfonamides is 1. The lowest BCUT2D eigenvalue weighted by molar-refractivity contribution is -0.115. The largest absolute Gasteiger partial charge is 0.480 e. The first-order valence-electron chi connectivity index (χ1n) is 6.62. The van der Waals surface area contributed by atoms with Gasteiger partial charge in [0.05, 0.1) is 18.1 Å². The molecule has 0 fully saturated rings. The van der Waals surface area contributed by atoms with Crippen LogP contribution in [0.15, 0.2) is 41.3 Å². The third kappa shape index (κ3) is 4.40. The van der Waals surface area contributed by atoms with Gasteiger partial charge in [-0.25, -0.2) is 8.42 Å². The topological polar surface area (TPSA) is 134 Å². The number of benzene rings is 1. The monoisotopic (exact) mass is 347 g/mol. The molecule has 0 radical (unpaired) electrons. The molecule has 0 aliphatic rings. The van der Waals surface area contributed by atoms with Gasteiger partial charge in [-0.3, -0.25) is 9.52 Å². The Morgan fingerprint density at radius 2 is 1.92 bits per heavy atom. The van der Waals surface area contributed by atoms with Crippen LogP contribution >= 0.6 is 0 Å².